The van der Waals surface area contributed by atoms with Gasteiger partial charge in [0.1, 0.15) is 6.33 Å². The standard InChI is InChI=1S/C10H13N3O/c1-7-3-9(5-8(2)14)13-10(4-7)11-6-12-13/h3-4,6,8,14H,5H2,1-2H3. The largest absolute Gasteiger partial charge is 0.393 e. The molecule has 2 heterocycles. The summed E-state index contributed by atoms with van der Waals surface area (Å²) in [6.45, 7) is 3.78. The summed E-state index contributed by atoms with van der Waals surface area (Å²) < 4.78 is 1.76. The maximum atomic E-state index is 9.33. The Kier molecular flexibility index (Phi) is 2.21. The average molecular weight is 191 g/mol. The van der Waals surface area contributed by atoms with E-state index in [1.54, 1.807) is 11.4 Å². The molecule has 0 aliphatic carbocycles. The zero-order chi connectivity index (χ0) is 10.1. The Balaban J connectivity index is 2.55. The molecule has 0 bridgehead atoms. The summed E-state index contributed by atoms with van der Waals surface area (Å²) in [5.41, 5.74) is 2.97. The Bertz CT molecular complexity index is 448. The Morgan fingerprint density at radius 3 is 3.00 bits per heavy atom. The molecule has 74 valence electrons. The molecule has 0 aliphatic rings. The lowest BCUT2D eigenvalue weighted by Crippen LogP contribution is -2.09. The fourth-order valence-electron chi connectivity index (χ4n) is 1.59. The molecule has 0 aliphatic heterocycles. The summed E-state index contributed by atoms with van der Waals surface area (Å²) in [6, 6.07) is 3.99. The summed E-state index contributed by atoms with van der Waals surface area (Å²) in [5.74, 6) is 0. The van der Waals surface area contributed by atoms with Gasteiger partial charge in [-0.1, -0.05) is 0 Å². The van der Waals surface area contributed by atoms with E-state index in [0.717, 1.165) is 16.9 Å². The molecule has 0 saturated carbocycles. The van der Waals surface area contributed by atoms with E-state index in [2.05, 4.69) is 10.1 Å². The number of aliphatic hydroxyl groups excluding tert-OH is 1. The third-order valence-corrected chi connectivity index (χ3v) is 2.10. The van der Waals surface area contributed by atoms with Crippen molar-refractivity contribution in [2.75, 3.05) is 0 Å². The van der Waals surface area contributed by atoms with E-state index >= 15 is 0 Å². The third-order valence-electron chi connectivity index (χ3n) is 2.10. The van der Waals surface area contributed by atoms with Crippen LogP contribution in [0.2, 0.25) is 0 Å². The number of fused-ring (bicyclic) bond motifs is 1. The second-order valence-corrected chi connectivity index (χ2v) is 3.61. The SMILES string of the molecule is Cc1cc(CC(C)O)n2ncnc2c1. The first-order valence-corrected chi connectivity index (χ1v) is 4.64. The van der Waals surface area contributed by atoms with Crippen LogP contribution in [0.4, 0.5) is 0 Å². The summed E-state index contributed by atoms with van der Waals surface area (Å²) >= 11 is 0. The number of nitrogens with zero attached hydrogens (tertiary/aromatic N) is 3. The smallest absolute Gasteiger partial charge is 0.155 e. The van der Waals surface area contributed by atoms with E-state index in [1.165, 1.54) is 6.33 Å². The van der Waals surface area contributed by atoms with Crippen LogP contribution in [-0.4, -0.2) is 25.8 Å². The van der Waals surface area contributed by atoms with E-state index in [0.29, 0.717) is 6.42 Å². The van der Waals surface area contributed by atoms with Crippen molar-refractivity contribution < 1.29 is 5.11 Å². The zero-order valence-electron chi connectivity index (χ0n) is 8.31. The number of aromatic nitrogens is 3. The normalized spacial score (nSPS) is 13.4. The molecule has 0 spiro atoms. The predicted octanol–water partition coefficient (Wildman–Crippen LogP) is 0.961. The topological polar surface area (TPSA) is 50.4 Å². The highest BCUT2D eigenvalue weighted by atomic mass is 16.3. The van der Waals surface area contributed by atoms with Gasteiger partial charge in [0, 0.05) is 12.1 Å². The van der Waals surface area contributed by atoms with Crippen LogP contribution in [0.15, 0.2) is 18.5 Å². The van der Waals surface area contributed by atoms with Gasteiger partial charge in [0.25, 0.3) is 0 Å². The highest BCUT2D eigenvalue weighted by Crippen LogP contribution is 2.10. The number of aryl methyl sites for hydroxylation is 1. The second kappa shape index (κ2) is 3.38. The number of aliphatic hydroxyl groups is 1. The minimum atomic E-state index is -0.357. The molecule has 2 rings (SSSR count). The van der Waals surface area contributed by atoms with Crippen molar-refractivity contribution in [3.63, 3.8) is 0 Å². The lowest BCUT2D eigenvalue weighted by molar-refractivity contribution is 0.193. The highest BCUT2D eigenvalue weighted by Gasteiger charge is 2.06. The molecule has 1 unspecified atom stereocenters. The van der Waals surface area contributed by atoms with Gasteiger partial charge in [-0.05, 0) is 31.5 Å². The van der Waals surface area contributed by atoms with E-state index in [-0.39, 0.29) is 6.10 Å². The van der Waals surface area contributed by atoms with Crippen molar-refractivity contribution in [3.8, 4) is 0 Å². The van der Waals surface area contributed by atoms with Crippen LogP contribution >= 0.6 is 0 Å². The number of hydrogen-bond donors (Lipinski definition) is 1. The molecule has 2 aromatic rings. The molecular weight excluding hydrogens is 178 g/mol. The monoisotopic (exact) mass is 191 g/mol. The minimum absolute atomic E-state index is 0.357. The van der Waals surface area contributed by atoms with Gasteiger partial charge in [-0.3, -0.25) is 0 Å². The average Bonchev–Trinajstić information content (AvgIpc) is 2.50. The van der Waals surface area contributed by atoms with Crippen molar-refractivity contribution in [1.29, 1.82) is 0 Å². The second-order valence-electron chi connectivity index (χ2n) is 3.61. The fourth-order valence-corrected chi connectivity index (χ4v) is 1.59. The molecule has 0 aromatic carbocycles. The van der Waals surface area contributed by atoms with Crippen LogP contribution in [0.25, 0.3) is 5.65 Å². The molecule has 0 amide bonds. The number of pyridine rings is 1. The van der Waals surface area contributed by atoms with Crippen LogP contribution in [0.1, 0.15) is 18.2 Å². The third kappa shape index (κ3) is 1.61. The molecule has 0 fully saturated rings. The molecule has 2 aromatic heterocycles. The van der Waals surface area contributed by atoms with Crippen LogP contribution < -0.4 is 0 Å². The van der Waals surface area contributed by atoms with Crippen LogP contribution in [0.5, 0.6) is 0 Å². The van der Waals surface area contributed by atoms with Gasteiger partial charge in [0.2, 0.25) is 0 Å². The minimum Gasteiger partial charge on any atom is -0.393 e. The van der Waals surface area contributed by atoms with E-state index in [9.17, 15) is 5.11 Å². The molecule has 0 saturated heterocycles. The lowest BCUT2D eigenvalue weighted by Gasteiger charge is -2.07. The van der Waals surface area contributed by atoms with Crippen LogP contribution in [-0.2, 0) is 6.42 Å². The van der Waals surface area contributed by atoms with Crippen molar-refractivity contribution in [1.82, 2.24) is 14.6 Å². The molecule has 14 heavy (non-hydrogen) atoms. The lowest BCUT2D eigenvalue weighted by atomic mass is 10.1. The molecule has 4 heteroatoms. The molecule has 1 atom stereocenters. The van der Waals surface area contributed by atoms with Crippen molar-refractivity contribution in [3.05, 3.63) is 29.7 Å². The van der Waals surface area contributed by atoms with E-state index in [1.807, 2.05) is 19.1 Å². The summed E-state index contributed by atoms with van der Waals surface area (Å²) in [7, 11) is 0. The van der Waals surface area contributed by atoms with Gasteiger partial charge in [-0.2, -0.15) is 5.10 Å². The Labute approximate surface area is 82.2 Å². The number of hydrogen-bond acceptors (Lipinski definition) is 3. The van der Waals surface area contributed by atoms with Gasteiger partial charge in [-0.25, -0.2) is 9.50 Å². The molecular formula is C10H13N3O. The van der Waals surface area contributed by atoms with Gasteiger partial charge < -0.3 is 5.11 Å². The van der Waals surface area contributed by atoms with Crippen molar-refractivity contribution in [2.45, 2.75) is 26.4 Å². The van der Waals surface area contributed by atoms with Gasteiger partial charge in [0.05, 0.1) is 6.10 Å². The van der Waals surface area contributed by atoms with Gasteiger partial charge >= 0.3 is 0 Å². The van der Waals surface area contributed by atoms with E-state index < -0.39 is 0 Å². The Morgan fingerprint density at radius 1 is 1.50 bits per heavy atom. The predicted molar refractivity (Wildman–Crippen MR) is 53.1 cm³/mol. The Hall–Kier alpha value is -1.42. The Morgan fingerprint density at radius 2 is 2.29 bits per heavy atom. The summed E-state index contributed by atoms with van der Waals surface area (Å²) in [5, 5.41) is 13.4. The first kappa shape index (κ1) is 9.15. The number of rotatable bonds is 2. The first-order valence-electron chi connectivity index (χ1n) is 4.64. The summed E-state index contributed by atoms with van der Waals surface area (Å²) in [4.78, 5) is 4.12. The van der Waals surface area contributed by atoms with Crippen LogP contribution in [0.3, 0.4) is 0 Å². The van der Waals surface area contributed by atoms with Crippen LogP contribution in [0, 0.1) is 6.92 Å². The molecule has 0 radical (unpaired) electrons. The highest BCUT2D eigenvalue weighted by molar-refractivity contribution is 5.41. The van der Waals surface area contributed by atoms with Gasteiger partial charge in [0.15, 0.2) is 5.65 Å². The fraction of sp³-hybridized carbons (Fsp3) is 0.400. The van der Waals surface area contributed by atoms with Crippen molar-refractivity contribution >= 4 is 5.65 Å². The van der Waals surface area contributed by atoms with Crippen molar-refractivity contribution in [2.24, 2.45) is 0 Å². The molecule has 4 nitrogen and oxygen atoms in total. The maximum Gasteiger partial charge on any atom is 0.155 e. The first-order chi connectivity index (χ1) is 6.66. The molecule has 1 N–H and O–H groups in total. The quantitative estimate of drug-likeness (QED) is 0.769. The van der Waals surface area contributed by atoms with Gasteiger partial charge in [-0.15, -0.1) is 0 Å². The van der Waals surface area contributed by atoms with E-state index in [4.69, 9.17) is 0 Å². The maximum absolute atomic E-state index is 9.33. The summed E-state index contributed by atoms with van der Waals surface area (Å²) in [6.07, 6.45) is 1.77. The zero-order valence-corrected chi connectivity index (χ0v) is 8.31.